The molecule has 34 heavy (non-hydrogen) atoms. The minimum Gasteiger partial charge on any atom is -0.497 e. The molecule has 4 N–H and O–H groups in total. The number of imidazole rings is 1. The number of rotatable bonds is 9. The van der Waals surface area contributed by atoms with E-state index in [0.717, 1.165) is 33.6 Å². The van der Waals surface area contributed by atoms with E-state index in [-0.39, 0.29) is 18.2 Å². The zero-order valence-corrected chi connectivity index (χ0v) is 19.0. The summed E-state index contributed by atoms with van der Waals surface area (Å²) in [7, 11) is 1.62. The third-order valence-electron chi connectivity index (χ3n) is 5.53. The fraction of sp³-hybridized carbons (Fsp3) is 0.192. The van der Waals surface area contributed by atoms with E-state index < -0.39 is 5.97 Å². The summed E-state index contributed by atoms with van der Waals surface area (Å²) in [6, 6.07) is 20.4. The Labute approximate surface area is 197 Å². The second kappa shape index (κ2) is 10.1. The molecular formula is C26H26N4O4. The number of carbonyl (C=O) groups excluding carboxylic acids is 1. The zero-order valence-electron chi connectivity index (χ0n) is 19.0. The number of carboxylic acids is 1. The monoisotopic (exact) mass is 458 g/mol. The van der Waals surface area contributed by atoms with E-state index in [9.17, 15) is 9.59 Å². The Balaban J connectivity index is 1.41. The van der Waals surface area contributed by atoms with Crippen LogP contribution in [0.2, 0.25) is 0 Å². The highest BCUT2D eigenvalue weighted by Gasteiger charge is 2.12. The Hall–Kier alpha value is -4.33. The molecule has 4 aromatic rings. The number of hydrogen-bond donors (Lipinski definition) is 4. The lowest BCUT2D eigenvalue weighted by atomic mass is 9.96. The van der Waals surface area contributed by atoms with Gasteiger partial charge in [0.1, 0.15) is 5.75 Å². The van der Waals surface area contributed by atoms with Gasteiger partial charge in [0.15, 0.2) is 0 Å². The highest BCUT2D eigenvalue weighted by Crippen LogP contribution is 2.23. The van der Waals surface area contributed by atoms with Crippen LogP contribution in [-0.4, -0.2) is 34.1 Å². The topological polar surface area (TPSA) is 116 Å². The van der Waals surface area contributed by atoms with Crippen molar-refractivity contribution in [3.8, 4) is 5.75 Å². The maximum Gasteiger partial charge on any atom is 0.303 e. The molecule has 0 bridgehead atoms. The fourth-order valence-electron chi connectivity index (χ4n) is 3.72. The lowest BCUT2D eigenvalue weighted by molar-refractivity contribution is -0.137. The van der Waals surface area contributed by atoms with Crippen LogP contribution in [-0.2, 0) is 11.3 Å². The summed E-state index contributed by atoms with van der Waals surface area (Å²) in [5.41, 5.74) is 4.73. The molecule has 0 spiro atoms. The Morgan fingerprint density at radius 1 is 1.09 bits per heavy atom. The van der Waals surface area contributed by atoms with Crippen LogP contribution in [0, 0.1) is 0 Å². The second-order valence-corrected chi connectivity index (χ2v) is 8.10. The van der Waals surface area contributed by atoms with Crippen LogP contribution in [0.25, 0.3) is 11.0 Å². The first kappa shape index (κ1) is 22.8. The van der Waals surface area contributed by atoms with Crippen LogP contribution in [0.15, 0.2) is 66.7 Å². The number of fused-ring (bicyclic) bond motifs is 1. The van der Waals surface area contributed by atoms with Gasteiger partial charge >= 0.3 is 5.97 Å². The molecule has 4 rings (SSSR count). The Kier molecular flexibility index (Phi) is 6.77. The molecular weight excluding hydrogens is 432 g/mol. The molecule has 1 aromatic heterocycles. The molecule has 0 aliphatic carbocycles. The number of nitrogens with zero attached hydrogens (tertiary/aromatic N) is 1. The molecule has 0 aliphatic heterocycles. The highest BCUT2D eigenvalue weighted by molar-refractivity contribution is 5.95. The molecule has 8 heteroatoms. The quantitative estimate of drug-likeness (QED) is 0.286. The maximum atomic E-state index is 12.7. The normalized spacial score (nSPS) is 11.7. The number of amides is 1. The molecule has 1 atom stereocenters. The second-order valence-electron chi connectivity index (χ2n) is 8.10. The van der Waals surface area contributed by atoms with Gasteiger partial charge in [-0.25, -0.2) is 4.98 Å². The number of nitrogens with one attached hydrogen (secondary N) is 3. The Morgan fingerprint density at radius 3 is 2.71 bits per heavy atom. The van der Waals surface area contributed by atoms with Gasteiger partial charge in [-0.1, -0.05) is 37.3 Å². The maximum absolute atomic E-state index is 12.7. The van der Waals surface area contributed by atoms with Gasteiger partial charge in [-0.05, 0) is 47.4 Å². The third-order valence-corrected chi connectivity index (χ3v) is 5.53. The molecule has 0 radical (unpaired) electrons. The van der Waals surface area contributed by atoms with Crippen LogP contribution < -0.4 is 15.4 Å². The number of H-pyrrole nitrogens is 1. The summed E-state index contributed by atoms with van der Waals surface area (Å²) in [6.07, 6.45) is 0.0639. The van der Waals surface area contributed by atoms with Gasteiger partial charge in [-0.15, -0.1) is 0 Å². The number of carbonyl (C=O) groups is 2. The number of aromatic nitrogens is 2. The van der Waals surface area contributed by atoms with Crippen molar-refractivity contribution in [1.82, 2.24) is 15.3 Å². The molecule has 1 heterocycles. The standard InChI is InChI=1S/C26H26N4O4/c1-16(11-24(31)32)18-6-3-5-17(12-18)15-27-25(33)19-7-4-8-20(13-19)28-26-29-22-10-9-21(34-2)14-23(22)30-26/h3-10,12-14,16H,11,15H2,1-2H3,(H,27,33)(H,31,32)(H2,28,29,30). The van der Waals surface area contributed by atoms with Gasteiger partial charge in [0.05, 0.1) is 24.6 Å². The number of benzene rings is 3. The molecule has 0 saturated carbocycles. The molecule has 3 aromatic carbocycles. The first-order chi connectivity index (χ1) is 16.4. The van der Waals surface area contributed by atoms with Crippen LogP contribution in [0.4, 0.5) is 11.6 Å². The molecule has 0 saturated heterocycles. The van der Waals surface area contributed by atoms with E-state index in [1.165, 1.54) is 0 Å². The highest BCUT2D eigenvalue weighted by atomic mass is 16.5. The van der Waals surface area contributed by atoms with Crippen molar-refractivity contribution in [1.29, 1.82) is 0 Å². The number of methoxy groups -OCH3 is 1. The smallest absolute Gasteiger partial charge is 0.303 e. The average Bonchev–Trinajstić information content (AvgIpc) is 3.23. The fourth-order valence-corrected chi connectivity index (χ4v) is 3.72. The van der Waals surface area contributed by atoms with Crippen molar-refractivity contribution in [2.75, 3.05) is 12.4 Å². The summed E-state index contributed by atoms with van der Waals surface area (Å²) >= 11 is 0. The first-order valence-corrected chi connectivity index (χ1v) is 10.9. The number of aromatic amines is 1. The lowest BCUT2D eigenvalue weighted by Crippen LogP contribution is -2.22. The van der Waals surface area contributed by atoms with Crippen molar-refractivity contribution in [3.05, 3.63) is 83.4 Å². The van der Waals surface area contributed by atoms with Crippen molar-refractivity contribution < 1.29 is 19.4 Å². The van der Waals surface area contributed by atoms with Crippen LogP contribution >= 0.6 is 0 Å². The van der Waals surface area contributed by atoms with Crippen LogP contribution in [0.3, 0.4) is 0 Å². The van der Waals surface area contributed by atoms with Gasteiger partial charge in [0, 0.05) is 23.9 Å². The van der Waals surface area contributed by atoms with Gasteiger partial charge in [0.2, 0.25) is 5.95 Å². The van der Waals surface area contributed by atoms with Crippen LogP contribution in [0.5, 0.6) is 5.75 Å². The Morgan fingerprint density at radius 2 is 1.91 bits per heavy atom. The molecule has 0 aliphatic rings. The predicted molar refractivity (Wildman–Crippen MR) is 131 cm³/mol. The van der Waals surface area contributed by atoms with Crippen molar-refractivity contribution in [2.24, 2.45) is 0 Å². The first-order valence-electron chi connectivity index (χ1n) is 10.9. The van der Waals surface area contributed by atoms with E-state index in [1.54, 1.807) is 25.3 Å². The SMILES string of the molecule is COc1ccc2nc(Nc3cccc(C(=O)NCc4cccc(C(C)CC(=O)O)c4)c3)[nH]c2c1. The molecule has 1 amide bonds. The van der Waals surface area contributed by atoms with Crippen LogP contribution in [0.1, 0.15) is 40.7 Å². The summed E-state index contributed by atoms with van der Waals surface area (Å²) in [6.45, 7) is 2.22. The van der Waals surface area contributed by atoms with Crippen molar-refractivity contribution in [2.45, 2.75) is 25.8 Å². The number of aliphatic carboxylic acids is 1. The third kappa shape index (κ3) is 5.53. The van der Waals surface area contributed by atoms with Crippen molar-refractivity contribution in [3.63, 3.8) is 0 Å². The van der Waals surface area contributed by atoms with E-state index in [1.807, 2.05) is 55.5 Å². The Bertz CT molecular complexity index is 1330. The van der Waals surface area contributed by atoms with E-state index in [4.69, 9.17) is 9.84 Å². The summed E-state index contributed by atoms with van der Waals surface area (Å²) < 4.78 is 5.24. The van der Waals surface area contributed by atoms with Gasteiger partial charge in [-0.3, -0.25) is 9.59 Å². The molecule has 8 nitrogen and oxygen atoms in total. The number of ether oxygens (including phenoxy) is 1. The molecule has 1 unspecified atom stereocenters. The van der Waals surface area contributed by atoms with E-state index >= 15 is 0 Å². The van der Waals surface area contributed by atoms with Gasteiger partial charge in [-0.2, -0.15) is 0 Å². The van der Waals surface area contributed by atoms with Crippen molar-refractivity contribution >= 4 is 34.5 Å². The summed E-state index contributed by atoms with van der Waals surface area (Å²) in [4.78, 5) is 31.4. The minimum atomic E-state index is -0.831. The molecule has 0 fully saturated rings. The van der Waals surface area contributed by atoms with E-state index in [2.05, 4.69) is 20.6 Å². The minimum absolute atomic E-state index is 0.0639. The summed E-state index contributed by atoms with van der Waals surface area (Å²) in [5, 5.41) is 15.1. The largest absolute Gasteiger partial charge is 0.497 e. The van der Waals surface area contributed by atoms with E-state index in [0.29, 0.717) is 18.1 Å². The predicted octanol–water partition coefficient (Wildman–Crippen LogP) is 4.82. The van der Waals surface area contributed by atoms with Gasteiger partial charge in [0.25, 0.3) is 5.91 Å². The summed E-state index contributed by atoms with van der Waals surface area (Å²) in [5.74, 6) is 0.163. The average molecular weight is 459 g/mol. The molecule has 174 valence electrons. The number of anilines is 2. The number of carboxylic acid groups (broad SMARTS) is 1. The van der Waals surface area contributed by atoms with Gasteiger partial charge < -0.3 is 25.5 Å². The zero-order chi connectivity index (χ0) is 24.1. The lowest BCUT2D eigenvalue weighted by Gasteiger charge is -2.12. The number of hydrogen-bond acceptors (Lipinski definition) is 5.